The van der Waals surface area contributed by atoms with Gasteiger partial charge >= 0.3 is 0 Å². The monoisotopic (exact) mass is 403 g/mol. The number of fused-ring (bicyclic) bond motifs is 1. The average molecular weight is 403 g/mol. The van der Waals surface area contributed by atoms with Gasteiger partial charge in [-0.2, -0.15) is 0 Å². The zero-order valence-corrected chi connectivity index (χ0v) is 16.3. The van der Waals surface area contributed by atoms with Gasteiger partial charge in [-0.25, -0.2) is 4.99 Å². The van der Waals surface area contributed by atoms with E-state index in [-0.39, 0.29) is 17.3 Å². The van der Waals surface area contributed by atoms with Crippen LogP contribution in [0.4, 0.5) is 17.1 Å². The van der Waals surface area contributed by atoms with Crippen LogP contribution in [0.1, 0.15) is 12.5 Å². The number of nitro benzene ring substituents is 1. The molecule has 0 aromatic heterocycles. The molecule has 0 fully saturated rings. The maximum absolute atomic E-state index is 12.6. The average Bonchev–Trinajstić information content (AvgIpc) is 2.67. The molecule has 9 heteroatoms. The van der Waals surface area contributed by atoms with Crippen molar-refractivity contribution < 1.29 is 14.5 Å². The number of nitrogens with zero attached hydrogens (tertiary/aromatic N) is 2. The number of hydrogen-bond acceptors (Lipinski definition) is 7. The molecule has 0 radical (unpaired) electrons. The number of ether oxygens (including phenoxy) is 1. The molecule has 1 atom stereocenters. The molecule has 0 spiro atoms. The van der Waals surface area contributed by atoms with Crippen LogP contribution in [-0.2, 0) is 10.5 Å². The number of anilines is 1. The van der Waals surface area contributed by atoms with Crippen LogP contribution in [0.3, 0.4) is 0 Å². The van der Waals surface area contributed by atoms with Crippen LogP contribution in [0.15, 0.2) is 47.5 Å². The van der Waals surface area contributed by atoms with E-state index in [9.17, 15) is 14.9 Å². The Morgan fingerprint density at radius 2 is 2.15 bits per heavy atom. The summed E-state index contributed by atoms with van der Waals surface area (Å²) in [5.74, 6) is 0.903. The van der Waals surface area contributed by atoms with Gasteiger partial charge in [-0.1, -0.05) is 41.7 Å². The van der Waals surface area contributed by atoms with Crippen LogP contribution >= 0.6 is 23.5 Å². The Morgan fingerprint density at radius 1 is 1.37 bits per heavy atom. The van der Waals surface area contributed by atoms with Crippen molar-refractivity contribution in [2.24, 2.45) is 4.99 Å². The maximum atomic E-state index is 12.6. The number of non-ortho nitro benzene ring substituents is 1. The minimum absolute atomic E-state index is 0.116. The molecule has 0 saturated carbocycles. The fourth-order valence-corrected chi connectivity index (χ4v) is 4.61. The van der Waals surface area contributed by atoms with Crippen molar-refractivity contribution >= 4 is 50.9 Å². The van der Waals surface area contributed by atoms with E-state index in [1.807, 2.05) is 24.3 Å². The van der Waals surface area contributed by atoms with E-state index in [2.05, 4.69) is 10.3 Å². The zero-order chi connectivity index (χ0) is 19.4. The van der Waals surface area contributed by atoms with Crippen molar-refractivity contribution in [2.45, 2.75) is 17.9 Å². The van der Waals surface area contributed by atoms with E-state index in [1.54, 1.807) is 18.7 Å². The van der Waals surface area contributed by atoms with Crippen molar-refractivity contribution in [1.29, 1.82) is 0 Å². The highest BCUT2D eigenvalue weighted by atomic mass is 32.2. The highest BCUT2D eigenvalue weighted by molar-refractivity contribution is 8.39. The predicted octanol–water partition coefficient (Wildman–Crippen LogP) is 4.60. The van der Waals surface area contributed by atoms with E-state index in [0.29, 0.717) is 5.75 Å². The quantitative estimate of drug-likeness (QED) is 0.579. The summed E-state index contributed by atoms with van der Waals surface area (Å²) in [6, 6.07) is 12.0. The molecule has 0 bridgehead atoms. The summed E-state index contributed by atoms with van der Waals surface area (Å²) in [5, 5.41) is 13.3. The Bertz CT molecular complexity index is 917. The van der Waals surface area contributed by atoms with Crippen LogP contribution in [0.5, 0.6) is 5.75 Å². The van der Waals surface area contributed by atoms with E-state index < -0.39 is 10.2 Å². The Morgan fingerprint density at radius 3 is 2.89 bits per heavy atom. The number of para-hydroxylation sites is 1. The maximum Gasteiger partial charge on any atom is 0.271 e. The summed E-state index contributed by atoms with van der Waals surface area (Å²) in [5.41, 5.74) is 2.25. The molecule has 1 unspecified atom stereocenters. The number of thioether (sulfide) groups is 2. The Kier molecular flexibility index (Phi) is 6.02. The van der Waals surface area contributed by atoms with Gasteiger partial charge in [0.25, 0.3) is 5.69 Å². The van der Waals surface area contributed by atoms with Gasteiger partial charge in [-0.15, -0.1) is 0 Å². The predicted molar refractivity (Wildman–Crippen MR) is 110 cm³/mol. The van der Waals surface area contributed by atoms with Gasteiger partial charge in [0.1, 0.15) is 10.1 Å². The molecule has 1 heterocycles. The summed E-state index contributed by atoms with van der Waals surface area (Å²) in [6.45, 7) is 1.77. The third-order valence-electron chi connectivity index (χ3n) is 3.85. The van der Waals surface area contributed by atoms with Crippen LogP contribution in [0.2, 0.25) is 0 Å². The molecule has 140 valence electrons. The van der Waals surface area contributed by atoms with Crippen LogP contribution < -0.4 is 10.1 Å². The van der Waals surface area contributed by atoms with Crippen LogP contribution in [0.25, 0.3) is 0 Å². The molecule has 1 aliphatic heterocycles. The van der Waals surface area contributed by atoms with Crippen LogP contribution in [0, 0.1) is 10.1 Å². The second-order valence-electron chi connectivity index (χ2n) is 5.69. The summed E-state index contributed by atoms with van der Waals surface area (Å²) < 4.78 is 6.00. The first kappa shape index (κ1) is 19.2. The number of rotatable bonds is 5. The minimum atomic E-state index is -0.516. The van der Waals surface area contributed by atoms with Gasteiger partial charge in [0.05, 0.1) is 28.7 Å². The molecule has 2 aromatic rings. The lowest BCUT2D eigenvalue weighted by molar-refractivity contribution is -0.384. The largest absolute Gasteiger partial charge is 0.495 e. The van der Waals surface area contributed by atoms with E-state index in [4.69, 9.17) is 4.74 Å². The summed E-state index contributed by atoms with van der Waals surface area (Å²) in [6.07, 6.45) is 0. The number of hydrogen-bond donors (Lipinski definition) is 1. The normalized spacial score (nSPS) is 13.9. The lowest BCUT2D eigenvalue weighted by Crippen LogP contribution is -2.24. The van der Waals surface area contributed by atoms with Gasteiger partial charge in [-0.05, 0) is 24.6 Å². The molecule has 1 aliphatic rings. The summed E-state index contributed by atoms with van der Waals surface area (Å²) >= 11 is 2.95. The number of benzene rings is 2. The van der Waals surface area contributed by atoms with Gasteiger partial charge < -0.3 is 10.1 Å². The first-order valence-corrected chi connectivity index (χ1v) is 9.94. The summed E-state index contributed by atoms with van der Waals surface area (Å²) in [4.78, 5) is 27.6. The molecule has 3 rings (SSSR count). The molecule has 0 saturated heterocycles. The topological polar surface area (TPSA) is 93.8 Å². The molecule has 1 N–H and O–H groups in total. The number of nitrogens with one attached hydrogen (secondary N) is 1. The van der Waals surface area contributed by atoms with Gasteiger partial charge in [0, 0.05) is 17.9 Å². The smallest absolute Gasteiger partial charge is 0.271 e. The van der Waals surface area contributed by atoms with Crippen molar-refractivity contribution in [1.82, 2.24) is 0 Å². The fourth-order valence-electron chi connectivity index (χ4n) is 2.42. The lowest BCUT2D eigenvalue weighted by Gasteiger charge is -2.17. The van der Waals surface area contributed by atoms with Crippen LogP contribution in [-0.4, -0.2) is 27.6 Å². The molecule has 2 aromatic carbocycles. The first-order valence-electron chi connectivity index (χ1n) is 8.07. The van der Waals surface area contributed by atoms with E-state index in [0.717, 1.165) is 15.8 Å². The van der Waals surface area contributed by atoms with Gasteiger partial charge in [0.15, 0.2) is 0 Å². The molecular formula is C18H17N3O4S2. The molecule has 1 amide bonds. The molecule has 0 aliphatic carbocycles. The Hall–Kier alpha value is -2.52. The van der Waals surface area contributed by atoms with Gasteiger partial charge in [-0.3, -0.25) is 14.9 Å². The number of nitro groups is 1. The standard InChI is InChI=1S/C18H17N3O4S2/c1-11(27-18-20-14-6-4-3-5-12(14)10-26-18)17(22)19-15-9-13(21(23)24)7-8-16(15)25-2/h3-9,11H,10H2,1-2H3,(H,19,22). The highest BCUT2D eigenvalue weighted by Gasteiger charge is 2.22. The second kappa shape index (κ2) is 8.45. The van der Waals surface area contributed by atoms with E-state index in [1.165, 1.54) is 42.6 Å². The number of aliphatic imine (C=N–C) groups is 1. The number of methoxy groups -OCH3 is 1. The number of carbonyl (C=O) groups is 1. The van der Waals surface area contributed by atoms with E-state index >= 15 is 0 Å². The van der Waals surface area contributed by atoms with Gasteiger partial charge in [0.2, 0.25) is 5.91 Å². The summed E-state index contributed by atoms with van der Waals surface area (Å²) in [7, 11) is 1.44. The minimum Gasteiger partial charge on any atom is -0.495 e. The SMILES string of the molecule is COc1ccc([N+](=O)[O-])cc1NC(=O)C(C)SC1=Nc2ccccc2CS1. The van der Waals surface area contributed by atoms with Crippen molar-refractivity contribution in [3.63, 3.8) is 0 Å². The molecule has 27 heavy (non-hydrogen) atoms. The number of amides is 1. The third-order valence-corrected chi connectivity index (χ3v) is 6.15. The zero-order valence-electron chi connectivity index (χ0n) is 14.7. The second-order valence-corrected chi connectivity index (χ2v) is 8.24. The van der Waals surface area contributed by atoms with Crippen molar-refractivity contribution in [3.05, 3.63) is 58.1 Å². The lowest BCUT2D eigenvalue weighted by atomic mass is 10.2. The molecular weight excluding hydrogens is 386 g/mol. The highest BCUT2D eigenvalue weighted by Crippen LogP contribution is 2.36. The molecule has 7 nitrogen and oxygen atoms in total. The number of carbonyl (C=O) groups excluding carboxylic acids is 1. The van der Waals surface area contributed by atoms with Crippen molar-refractivity contribution in [3.8, 4) is 5.75 Å². The Balaban J connectivity index is 1.71. The third kappa shape index (κ3) is 4.61. The Labute approximate surface area is 164 Å². The fraction of sp³-hybridized carbons (Fsp3) is 0.222. The first-order chi connectivity index (χ1) is 13.0. The van der Waals surface area contributed by atoms with Crippen molar-refractivity contribution in [2.75, 3.05) is 12.4 Å².